The second-order valence-electron chi connectivity index (χ2n) is 6.62. The number of ether oxygens (including phenoxy) is 1. The van der Waals surface area contributed by atoms with Crippen LogP contribution in [0.1, 0.15) is 25.0 Å². The van der Waals surface area contributed by atoms with Gasteiger partial charge in [0.1, 0.15) is 0 Å². The van der Waals surface area contributed by atoms with E-state index >= 15 is 0 Å². The summed E-state index contributed by atoms with van der Waals surface area (Å²) >= 11 is 5.95. The Balaban J connectivity index is 2.18. The van der Waals surface area contributed by atoms with Crippen molar-refractivity contribution in [3.8, 4) is 11.1 Å². The summed E-state index contributed by atoms with van der Waals surface area (Å²) in [5, 5.41) is 11.1. The van der Waals surface area contributed by atoms with E-state index in [1.165, 1.54) is 0 Å². The highest BCUT2D eigenvalue weighted by molar-refractivity contribution is 6.30. The normalized spacial score (nSPS) is 16.8. The third kappa shape index (κ3) is 3.08. The van der Waals surface area contributed by atoms with Crippen molar-refractivity contribution in [3.05, 3.63) is 76.7 Å². The minimum Gasteiger partial charge on any atom is -0.504 e. The Bertz CT molecular complexity index is 905. The fourth-order valence-corrected chi connectivity index (χ4v) is 3.04. The van der Waals surface area contributed by atoms with Crippen molar-refractivity contribution >= 4 is 23.0 Å². The van der Waals surface area contributed by atoms with E-state index in [-0.39, 0.29) is 22.9 Å². The summed E-state index contributed by atoms with van der Waals surface area (Å²) in [5.41, 5.74) is 2.64. The van der Waals surface area contributed by atoms with Crippen molar-refractivity contribution in [1.82, 2.24) is 0 Å². The van der Waals surface area contributed by atoms with Crippen molar-refractivity contribution in [2.75, 3.05) is 0 Å². The topological polar surface area (TPSA) is 46.5 Å². The standard InChI is InChI=1S/C21H19ClO3/c1-12-5-6-15(14-7-9-16(22)10-8-14)11-17(12)18-19(23)13(2)25-21(3,4)20(18)24/h5-11,23H,2H2,1,3-4H3. The molecule has 0 amide bonds. The van der Waals surface area contributed by atoms with E-state index in [1.807, 2.05) is 49.4 Å². The molecule has 0 fully saturated rings. The van der Waals surface area contributed by atoms with E-state index < -0.39 is 5.60 Å². The number of hydrogen-bond acceptors (Lipinski definition) is 3. The fourth-order valence-electron chi connectivity index (χ4n) is 2.91. The molecule has 4 heteroatoms. The first-order valence-electron chi connectivity index (χ1n) is 7.94. The van der Waals surface area contributed by atoms with Crippen LogP contribution >= 0.6 is 11.6 Å². The quantitative estimate of drug-likeness (QED) is 0.777. The van der Waals surface area contributed by atoms with Gasteiger partial charge in [0.2, 0.25) is 5.78 Å². The van der Waals surface area contributed by atoms with Gasteiger partial charge in [-0.3, -0.25) is 4.79 Å². The van der Waals surface area contributed by atoms with Crippen LogP contribution in [0.4, 0.5) is 0 Å². The Morgan fingerprint density at radius 2 is 1.68 bits per heavy atom. The molecule has 0 radical (unpaired) electrons. The number of rotatable bonds is 2. The van der Waals surface area contributed by atoms with E-state index in [9.17, 15) is 9.90 Å². The SMILES string of the molecule is C=C1OC(C)(C)C(=O)C(c2cc(-c3ccc(Cl)cc3)ccc2C)=C1O. The summed E-state index contributed by atoms with van der Waals surface area (Å²) in [5.74, 6) is -0.370. The zero-order valence-electron chi connectivity index (χ0n) is 14.4. The molecule has 2 aromatic carbocycles. The average Bonchev–Trinajstić information content (AvgIpc) is 2.55. The van der Waals surface area contributed by atoms with Gasteiger partial charge in [-0.05, 0) is 61.2 Å². The van der Waals surface area contributed by atoms with Crippen molar-refractivity contribution in [2.24, 2.45) is 0 Å². The van der Waals surface area contributed by atoms with E-state index in [0.717, 1.165) is 16.7 Å². The maximum Gasteiger partial charge on any atom is 0.210 e. The third-order valence-corrected chi connectivity index (χ3v) is 4.59. The molecule has 1 heterocycles. The molecule has 0 atom stereocenters. The van der Waals surface area contributed by atoms with Gasteiger partial charge in [0.15, 0.2) is 17.1 Å². The number of halogens is 1. The molecule has 0 unspecified atom stereocenters. The Kier molecular flexibility index (Phi) is 4.21. The summed E-state index contributed by atoms with van der Waals surface area (Å²) in [4.78, 5) is 12.8. The average molecular weight is 355 g/mol. The molecular formula is C21H19ClO3. The number of aliphatic hydroxyl groups is 1. The van der Waals surface area contributed by atoms with E-state index in [1.54, 1.807) is 13.8 Å². The zero-order chi connectivity index (χ0) is 18.4. The number of ketones is 1. The van der Waals surface area contributed by atoms with Crippen LogP contribution in [-0.2, 0) is 9.53 Å². The van der Waals surface area contributed by atoms with E-state index in [2.05, 4.69) is 6.58 Å². The number of carbonyl (C=O) groups is 1. The number of hydrogen-bond donors (Lipinski definition) is 1. The minimum atomic E-state index is -1.07. The van der Waals surface area contributed by atoms with Crippen molar-refractivity contribution < 1.29 is 14.6 Å². The van der Waals surface area contributed by atoms with Crippen LogP contribution in [0.25, 0.3) is 16.7 Å². The maximum atomic E-state index is 12.8. The van der Waals surface area contributed by atoms with Crippen LogP contribution < -0.4 is 0 Å². The molecule has 0 aromatic heterocycles. The van der Waals surface area contributed by atoms with Crippen LogP contribution in [0, 0.1) is 6.92 Å². The van der Waals surface area contributed by atoms with Crippen molar-refractivity contribution in [2.45, 2.75) is 26.4 Å². The molecule has 128 valence electrons. The number of aryl methyl sites for hydroxylation is 1. The lowest BCUT2D eigenvalue weighted by molar-refractivity contribution is -0.131. The second-order valence-corrected chi connectivity index (χ2v) is 7.06. The zero-order valence-corrected chi connectivity index (χ0v) is 15.1. The fraction of sp³-hybridized carbons (Fsp3) is 0.190. The van der Waals surface area contributed by atoms with Crippen LogP contribution in [0.2, 0.25) is 5.02 Å². The van der Waals surface area contributed by atoms with Gasteiger partial charge in [0.25, 0.3) is 0 Å². The molecule has 25 heavy (non-hydrogen) atoms. The van der Waals surface area contributed by atoms with Crippen LogP contribution in [0.3, 0.4) is 0 Å². The Morgan fingerprint density at radius 3 is 2.32 bits per heavy atom. The van der Waals surface area contributed by atoms with Gasteiger partial charge in [0, 0.05) is 5.02 Å². The van der Waals surface area contributed by atoms with Crippen molar-refractivity contribution in [3.63, 3.8) is 0 Å². The largest absolute Gasteiger partial charge is 0.504 e. The second kappa shape index (κ2) is 6.08. The molecule has 1 aliphatic heterocycles. The highest BCUT2D eigenvalue weighted by Gasteiger charge is 2.41. The van der Waals surface area contributed by atoms with Gasteiger partial charge >= 0.3 is 0 Å². The lowest BCUT2D eigenvalue weighted by atomic mass is 9.85. The van der Waals surface area contributed by atoms with E-state index in [0.29, 0.717) is 10.6 Å². The van der Waals surface area contributed by atoms with Gasteiger partial charge in [-0.2, -0.15) is 0 Å². The lowest BCUT2D eigenvalue weighted by Crippen LogP contribution is -2.39. The smallest absolute Gasteiger partial charge is 0.210 e. The van der Waals surface area contributed by atoms with Gasteiger partial charge in [-0.1, -0.05) is 42.4 Å². The number of carbonyl (C=O) groups excluding carboxylic acids is 1. The predicted octanol–water partition coefficient (Wildman–Crippen LogP) is 5.48. The number of benzene rings is 2. The molecule has 3 nitrogen and oxygen atoms in total. The van der Waals surface area contributed by atoms with Gasteiger partial charge in [-0.15, -0.1) is 0 Å². The molecule has 0 spiro atoms. The lowest BCUT2D eigenvalue weighted by Gasteiger charge is -2.32. The summed E-state index contributed by atoms with van der Waals surface area (Å²) in [7, 11) is 0. The molecule has 1 N–H and O–H groups in total. The summed E-state index contributed by atoms with van der Waals surface area (Å²) in [6.45, 7) is 8.97. The minimum absolute atomic E-state index is 0.107. The Labute approximate surface area is 152 Å². The molecule has 2 aromatic rings. The summed E-state index contributed by atoms with van der Waals surface area (Å²) in [6, 6.07) is 13.3. The first kappa shape index (κ1) is 17.3. The molecule has 1 aliphatic rings. The predicted molar refractivity (Wildman–Crippen MR) is 100 cm³/mol. The Hall–Kier alpha value is -2.52. The highest BCUT2D eigenvalue weighted by Crippen LogP contribution is 2.38. The van der Waals surface area contributed by atoms with Gasteiger partial charge in [0.05, 0.1) is 5.57 Å². The molecule has 3 rings (SSSR count). The van der Waals surface area contributed by atoms with Crippen LogP contribution in [-0.4, -0.2) is 16.5 Å². The van der Waals surface area contributed by atoms with Gasteiger partial charge < -0.3 is 9.84 Å². The van der Waals surface area contributed by atoms with Gasteiger partial charge in [-0.25, -0.2) is 0 Å². The summed E-state index contributed by atoms with van der Waals surface area (Å²) < 4.78 is 5.45. The molecule has 0 saturated heterocycles. The van der Waals surface area contributed by atoms with Crippen LogP contribution in [0.15, 0.2) is 60.6 Å². The third-order valence-electron chi connectivity index (χ3n) is 4.34. The first-order valence-corrected chi connectivity index (χ1v) is 8.32. The Morgan fingerprint density at radius 1 is 1.08 bits per heavy atom. The number of aliphatic hydroxyl groups excluding tert-OH is 1. The molecule has 0 saturated carbocycles. The monoisotopic (exact) mass is 354 g/mol. The van der Waals surface area contributed by atoms with Crippen LogP contribution in [0.5, 0.6) is 0 Å². The number of Topliss-reactive ketones (excluding diaryl/α,β-unsaturated/α-hetero) is 1. The maximum absolute atomic E-state index is 12.8. The van der Waals surface area contributed by atoms with E-state index in [4.69, 9.17) is 16.3 Å². The highest BCUT2D eigenvalue weighted by atomic mass is 35.5. The summed E-state index contributed by atoms with van der Waals surface area (Å²) in [6.07, 6.45) is 0. The first-order chi connectivity index (χ1) is 11.7. The van der Waals surface area contributed by atoms with Crippen molar-refractivity contribution in [1.29, 1.82) is 0 Å². The molecule has 0 bridgehead atoms. The molecule has 0 aliphatic carbocycles. The molecular weight excluding hydrogens is 336 g/mol.